The fraction of sp³-hybridized carbons (Fsp3) is 0.611. The maximum absolute atomic E-state index is 11.5. The average Bonchev–Trinajstić information content (AvgIpc) is 2.61. The van der Waals surface area contributed by atoms with Crippen molar-refractivity contribution >= 4 is 17.7 Å². The van der Waals surface area contributed by atoms with E-state index in [1.54, 1.807) is 7.05 Å². The number of amides is 1. The van der Waals surface area contributed by atoms with Crippen molar-refractivity contribution in [2.75, 3.05) is 33.8 Å². The molecule has 5 nitrogen and oxygen atoms in total. The van der Waals surface area contributed by atoms with Gasteiger partial charge >= 0.3 is 6.09 Å². The summed E-state index contributed by atoms with van der Waals surface area (Å²) in [6, 6.07) is 7.47. The van der Waals surface area contributed by atoms with Gasteiger partial charge in [-0.15, -0.1) is 0 Å². The lowest BCUT2D eigenvalue weighted by atomic mass is 9.74. The summed E-state index contributed by atoms with van der Waals surface area (Å²) < 4.78 is 4.71. The number of hydrogen-bond donors (Lipinski definition) is 2. The fourth-order valence-electron chi connectivity index (χ4n) is 3.43. The summed E-state index contributed by atoms with van der Waals surface area (Å²) in [5.74, 6) is 0.133. The van der Waals surface area contributed by atoms with Crippen LogP contribution in [-0.2, 0) is 10.3 Å². The van der Waals surface area contributed by atoms with Gasteiger partial charge in [0.15, 0.2) is 0 Å². The van der Waals surface area contributed by atoms with Crippen LogP contribution in [0.25, 0.3) is 0 Å². The van der Waals surface area contributed by atoms with Crippen LogP contribution in [0.3, 0.4) is 0 Å². The minimum Gasteiger partial charge on any atom is -0.453 e. The van der Waals surface area contributed by atoms with Crippen LogP contribution in [0.15, 0.2) is 24.3 Å². The number of methoxy groups -OCH3 is 1. The number of nitrogens with zero attached hydrogens (tertiary/aromatic N) is 1. The third kappa shape index (κ3) is 4.62. The minimum atomic E-state index is -0.949. The van der Waals surface area contributed by atoms with Gasteiger partial charge in [-0.2, -0.15) is 0 Å². The molecule has 0 saturated carbocycles. The van der Waals surface area contributed by atoms with Gasteiger partial charge in [-0.1, -0.05) is 23.7 Å². The molecule has 1 aromatic carbocycles. The average molecular weight is 355 g/mol. The molecule has 0 bridgehead atoms. The van der Waals surface area contributed by atoms with Gasteiger partial charge < -0.3 is 20.1 Å². The van der Waals surface area contributed by atoms with Gasteiger partial charge in [0.25, 0.3) is 0 Å². The molecule has 1 amide bonds. The van der Waals surface area contributed by atoms with Gasteiger partial charge in [-0.3, -0.25) is 0 Å². The highest BCUT2D eigenvalue weighted by Crippen LogP contribution is 2.38. The number of rotatable bonds is 6. The maximum Gasteiger partial charge on any atom is 0.409 e. The Balaban J connectivity index is 2.12. The first kappa shape index (κ1) is 19.0. The predicted octanol–water partition coefficient (Wildman–Crippen LogP) is 3.01. The zero-order chi connectivity index (χ0) is 17.6. The number of halogens is 1. The van der Waals surface area contributed by atoms with Crippen molar-refractivity contribution < 1.29 is 14.6 Å². The van der Waals surface area contributed by atoms with Crippen molar-refractivity contribution in [3.8, 4) is 0 Å². The second-order valence-corrected chi connectivity index (χ2v) is 6.91. The third-order valence-electron chi connectivity index (χ3n) is 4.83. The lowest BCUT2D eigenvalue weighted by Gasteiger charge is -2.39. The van der Waals surface area contributed by atoms with E-state index < -0.39 is 5.60 Å². The molecule has 1 aliphatic heterocycles. The number of ether oxygens (including phenoxy) is 1. The summed E-state index contributed by atoms with van der Waals surface area (Å²) in [6.45, 7) is 2.32. The summed E-state index contributed by atoms with van der Waals surface area (Å²) >= 11 is 6.14. The van der Waals surface area contributed by atoms with Gasteiger partial charge in [-0.25, -0.2) is 4.79 Å². The SMILES string of the molecule is COC(=O)N(C)CCC[C@@](O)(c1cccc(Cl)c1)[C@@H]1CCCNC1. The molecule has 0 radical (unpaired) electrons. The molecule has 0 aliphatic carbocycles. The quantitative estimate of drug-likeness (QED) is 0.824. The lowest BCUT2D eigenvalue weighted by molar-refractivity contribution is -0.0432. The molecule has 2 rings (SSSR count). The molecular weight excluding hydrogens is 328 g/mol. The van der Waals surface area contributed by atoms with E-state index in [0.717, 1.165) is 31.5 Å². The number of hydrogen-bond acceptors (Lipinski definition) is 4. The number of carbonyl (C=O) groups is 1. The molecule has 0 aromatic heterocycles. The van der Waals surface area contributed by atoms with Crippen molar-refractivity contribution in [2.24, 2.45) is 5.92 Å². The van der Waals surface area contributed by atoms with Crippen LogP contribution < -0.4 is 5.32 Å². The number of carbonyl (C=O) groups excluding carboxylic acids is 1. The van der Waals surface area contributed by atoms with E-state index in [0.29, 0.717) is 24.4 Å². The summed E-state index contributed by atoms with van der Waals surface area (Å²) in [7, 11) is 3.07. The number of benzene rings is 1. The van der Waals surface area contributed by atoms with E-state index in [1.807, 2.05) is 24.3 Å². The standard InChI is InChI=1S/C18H27ClN2O3/c1-21(17(22)24-2)11-5-9-18(23,15-7-4-10-20-13-15)14-6-3-8-16(19)12-14/h3,6,8,12,15,20,23H,4-5,7,9-11,13H2,1-2H3/t15-,18-/m1/s1. The largest absolute Gasteiger partial charge is 0.453 e. The van der Waals surface area contributed by atoms with Crippen LogP contribution in [0.1, 0.15) is 31.2 Å². The first-order valence-electron chi connectivity index (χ1n) is 8.45. The Labute approximate surface area is 148 Å². The Kier molecular flexibility index (Phi) is 6.90. The number of aliphatic hydroxyl groups is 1. The number of piperidine rings is 1. The van der Waals surface area contributed by atoms with E-state index >= 15 is 0 Å². The zero-order valence-electron chi connectivity index (χ0n) is 14.4. The van der Waals surface area contributed by atoms with Gasteiger partial charge in [-0.05, 0) is 49.9 Å². The highest BCUT2D eigenvalue weighted by atomic mass is 35.5. The van der Waals surface area contributed by atoms with E-state index in [2.05, 4.69) is 5.32 Å². The van der Waals surface area contributed by atoms with Gasteiger partial charge in [0.2, 0.25) is 0 Å². The Morgan fingerprint density at radius 2 is 2.33 bits per heavy atom. The van der Waals surface area contributed by atoms with E-state index in [1.165, 1.54) is 12.0 Å². The highest BCUT2D eigenvalue weighted by Gasteiger charge is 2.38. The molecule has 134 valence electrons. The van der Waals surface area contributed by atoms with Crippen LogP contribution >= 0.6 is 11.6 Å². The maximum atomic E-state index is 11.5. The minimum absolute atomic E-state index is 0.133. The molecule has 24 heavy (non-hydrogen) atoms. The van der Waals surface area contributed by atoms with E-state index in [4.69, 9.17) is 16.3 Å². The van der Waals surface area contributed by atoms with Crippen LogP contribution in [0.5, 0.6) is 0 Å². The summed E-state index contributed by atoms with van der Waals surface area (Å²) in [4.78, 5) is 13.0. The predicted molar refractivity (Wildman–Crippen MR) is 95.2 cm³/mol. The molecule has 1 heterocycles. The van der Waals surface area contributed by atoms with E-state index in [9.17, 15) is 9.90 Å². The zero-order valence-corrected chi connectivity index (χ0v) is 15.2. The summed E-state index contributed by atoms with van der Waals surface area (Å²) in [6.07, 6.45) is 2.92. The molecule has 6 heteroatoms. The molecule has 0 spiro atoms. The van der Waals surface area contributed by atoms with Crippen molar-refractivity contribution in [3.63, 3.8) is 0 Å². The molecule has 1 aliphatic rings. The topological polar surface area (TPSA) is 61.8 Å². The van der Waals surface area contributed by atoms with Crippen LogP contribution in [0.2, 0.25) is 5.02 Å². The van der Waals surface area contributed by atoms with Crippen molar-refractivity contribution in [2.45, 2.75) is 31.3 Å². The van der Waals surface area contributed by atoms with Crippen molar-refractivity contribution in [1.82, 2.24) is 10.2 Å². The summed E-state index contributed by atoms with van der Waals surface area (Å²) in [5.41, 5.74) is -0.0978. The van der Waals surface area contributed by atoms with Crippen LogP contribution in [0, 0.1) is 5.92 Å². The normalized spacial score (nSPS) is 20.2. The third-order valence-corrected chi connectivity index (χ3v) is 5.07. The molecule has 2 N–H and O–H groups in total. The first-order chi connectivity index (χ1) is 11.5. The molecule has 0 unspecified atom stereocenters. The summed E-state index contributed by atoms with van der Waals surface area (Å²) in [5, 5.41) is 15.5. The monoisotopic (exact) mass is 354 g/mol. The number of nitrogens with one attached hydrogen (secondary N) is 1. The molecule has 1 aromatic rings. The van der Waals surface area contributed by atoms with Crippen LogP contribution in [0.4, 0.5) is 4.79 Å². The second kappa shape index (κ2) is 8.70. The Morgan fingerprint density at radius 3 is 2.96 bits per heavy atom. The smallest absolute Gasteiger partial charge is 0.409 e. The fourth-order valence-corrected chi connectivity index (χ4v) is 3.62. The van der Waals surface area contributed by atoms with Gasteiger partial charge in [0, 0.05) is 31.1 Å². The Hall–Kier alpha value is -1.30. The first-order valence-corrected chi connectivity index (χ1v) is 8.83. The Morgan fingerprint density at radius 1 is 1.54 bits per heavy atom. The molecule has 2 atom stereocenters. The van der Waals surface area contributed by atoms with Gasteiger partial charge in [0.05, 0.1) is 12.7 Å². The molecule has 1 fully saturated rings. The molecular formula is C18H27ClN2O3. The van der Waals surface area contributed by atoms with E-state index in [-0.39, 0.29) is 12.0 Å². The van der Waals surface area contributed by atoms with Crippen LogP contribution in [-0.4, -0.2) is 49.9 Å². The van der Waals surface area contributed by atoms with Crippen molar-refractivity contribution in [1.29, 1.82) is 0 Å². The Bertz CT molecular complexity index is 549. The lowest BCUT2D eigenvalue weighted by Crippen LogP contribution is -2.44. The molecule has 1 saturated heterocycles. The second-order valence-electron chi connectivity index (χ2n) is 6.47. The van der Waals surface area contributed by atoms with Crippen molar-refractivity contribution in [3.05, 3.63) is 34.9 Å². The van der Waals surface area contributed by atoms with Gasteiger partial charge in [0.1, 0.15) is 0 Å². The highest BCUT2D eigenvalue weighted by molar-refractivity contribution is 6.30.